The molecule has 0 spiro atoms. The summed E-state index contributed by atoms with van der Waals surface area (Å²) in [7, 11) is 0. The molecular weight excluding hydrogens is 269 g/mol. The smallest absolute Gasteiger partial charge is 0.234 e. The zero-order chi connectivity index (χ0) is 13.0. The molecule has 1 fully saturated rings. The van der Waals surface area contributed by atoms with Crippen molar-refractivity contribution >= 4 is 18.3 Å². The number of nitrogens with one attached hydrogen (secondary N) is 1. The zero-order valence-corrected chi connectivity index (χ0v) is 11.5. The Kier molecular flexibility index (Phi) is 6.21. The van der Waals surface area contributed by atoms with Crippen LogP contribution in [0.15, 0.2) is 24.3 Å². The van der Waals surface area contributed by atoms with Crippen LogP contribution in [0.25, 0.3) is 0 Å². The highest BCUT2D eigenvalue weighted by atomic mass is 35.5. The second kappa shape index (κ2) is 7.43. The number of hydrogen-bond acceptors (Lipinski definition) is 3. The van der Waals surface area contributed by atoms with Crippen molar-refractivity contribution in [2.75, 3.05) is 19.6 Å². The molecule has 1 amide bonds. The number of carbonyl (C=O) groups excluding carboxylic acids is 1. The van der Waals surface area contributed by atoms with Gasteiger partial charge in [-0.05, 0) is 12.5 Å². The molecule has 1 saturated heterocycles. The van der Waals surface area contributed by atoms with Gasteiger partial charge in [0.25, 0.3) is 0 Å². The van der Waals surface area contributed by atoms with Gasteiger partial charge in [0.1, 0.15) is 5.82 Å². The van der Waals surface area contributed by atoms with Crippen molar-refractivity contribution in [1.82, 2.24) is 10.2 Å². The molecule has 106 valence electrons. The van der Waals surface area contributed by atoms with E-state index in [9.17, 15) is 9.18 Å². The van der Waals surface area contributed by atoms with Gasteiger partial charge in [0, 0.05) is 31.2 Å². The van der Waals surface area contributed by atoms with Crippen molar-refractivity contribution in [3.05, 3.63) is 35.6 Å². The van der Waals surface area contributed by atoms with Crippen LogP contribution in [-0.4, -0.2) is 36.5 Å². The highest BCUT2D eigenvalue weighted by Gasteiger charge is 2.20. The summed E-state index contributed by atoms with van der Waals surface area (Å²) in [6, 6.07) is 6.61. The van der Waals surface area contributed by atoms with Crippen LogP contribution in [0.1, 0.15) is 12.0 Å². The summed E-state index contributed by atoms with van der Waals surface area (Å²) in [6.07, 6.45) is 0.931. The molecule has 0 aromatic heterocycles. The summed E-state index contributed by atoms with van der Waals surface area (Å²) in [5.41, 5.74) is 6.27. The summed E-state index contributed by atoms with van der Waals surface area (Å²) in [6.45, 7) is 2.18. The molecule has 0 bridgehead atoms. The Hall–Kier alpha value is -1.17. The van der Waals surface area contributed by atoms with Crippen molar-refractivity contribution in [1.29, 1.82) is 0 Å². The molecule has 1 aliphatic rings. The van der Waals surface area contributed by atoms with Gasteiger partial charge in [-0.25, -0.2) is 4.39 Å². The number of halogens is 2. The number of likely N-dealkylation sites (tertiary alicyclic amines) is 1. The monoisotopic (exact) mass is 287 g/mol. The molecule has 1 heterocycles. The molecule has 2 rings (SSSR count). The molecule has 19 heavy (non-hydrogen) atoms. The third kappa shape index (κ3) is 4.78. The number of benzene rings is 1. The van der Waals surface area contributed by atoms with Gasteiger partial charge in [-0.3, -0.25) is 9.69 Å². The van der Waals surface area contributed by atoms with Gasteiger partial charge in [-0.1, -0.05) is 18.2 Å². The molecule has 3 N–H and O–H groups in total. The Morgan fingerprint density at radius 1 is 1.47 bits per heavy atom. The van der Waals surface area contributed by atoms with Crippen molar-refractivity contribution < 1.29 is 9.18 Å². The van der Waals surface area contributed by atoms with Crippen LogP contribution >= 0.6 is 12.4 Å². The largest absolute Gasteiger partial charge is 0.351 e. The molecule has 0 saturated carbocycles. The van der Waals surface area contributed by atoms with Crippen molar-refractivity contribution in [3.8, 4) is 0 Å². The lowest BCUT2D eigenvalue weighted by Crippen LogP contribution is -2.37. The summed E-state index contributed by atoms with van der Waals surface area (Å²) >= 11 is 0. The van der Waals surface area contributed by atoms with Crippen LogP contribution in [-0.2, 0) is 11.3 Å². The Morgan fingerprint density at radius 3 is 2.84 bits per heavy atom. The maximum atomic E-state index is 13.3. The third-order valence-corrected chi connectivity index (χ3v) is 3.11. The fraction of sp³-hybridized carbons (Fsp3) is 0.462. The van der Waals surface area contributed by atoms with E-state index < -0.39 is 0 Å². The van der Waals surface area contributed by atoms with Gasteiger partial charge in [-0.15, -0.1) is 12.4 Å². The molecule has 6 heteroatoms. The SMILES string of the molecule is Cl.N[C@H]1CCN(CC(=O)NCc2ccccc2F)C1. The van der Waals surface area contributed by atoms with Crippen molar-refractivity contribution in [2.45, 2.75) is 19.0 Å². The summed E-state index contributed by atoms with van der Waals surface area (Å²) in [4.78, 5) is 13.7. The first kappa shape index (κ1) is 15.9. The number of amides is 1. The van der Waals surface area contributed by atoms with Crippen LogP contribution in [0.4, 0.5) is 4.39 Å². The lowest BCUT2D eigenvalue weighted by molar-refractivity contribution is -0.122. The Bertz CT molecular complexity index is 430. The standard InChI is InChI=1S/C13H18FN3O.ClH/c14-12-4-2-1-3-10(12)7-16-13(18)9-17-6-5-11(15)8-17;/h1-4,11H,5-9,15H2,(H,16,18);1H/t11-;/m0./s1. The van der Waals surface area contributed by atoms with E-state index in [1.165, 1.54) is 6.07 Å². The van der Waals surface area contributed by atoms with Gasteiger partial charge in [0.05, 0.1) is 6.54 Å². The van der Waals surface area contributed by atoms with E-state index in [4.69, 9.17) is 5.73 Å². The number of rotatable bonds is 4. The molecule has 0 radical (unpaired) electrons. The topological polar surface area (TPSA) is 58.4 Å². The Labute approximate surface area is 118 Å². The van der Waals surface area contributed by atoms with Crippen LogP contribution < -0.4 is 11.1 Å². The van der Waals surface area contributed by atoms with Gasteiger partial charge >= 0.3 is 0 Å². The molecular formula is C13H19ClFN3O. The van der Waals surface area contributed by atoms with E-state index in [-0.39, 0.29) is 36.7 Å². The second-order valence-corrected chi connectivity index (χ2v) is 4.65. The second-order valence-electron chi connectivity index (χ2n) is 4.65. The van der Waals surface area contributed by atoms with Crippen molar-refractivity contribution in [2.24, 2.45) is 5.73 Å². The number of nitrogens with two attached hydrogens (primary N) is 1. The van der Waals surface area contributed by atoms with E-state index in [1.54, 1.807) is 18.2 Å². The van der Waals surface area contributed by atoms with E-state index >= 15 is 0 Å². The summed E-state index contributed by atoms with van der Waals surface area (Å²) in [5, 5.41) is 2.72. The molecule has 0 aliphatic carbocycles. The maximum Gasteiger partial charge on any atom is 0.234 e. The fourth-order valence-electron chi connectivity index (χ4n) is 2.10. The minimum absolute atomic E-state index is 0. The van der Waals surface area contributed by atoms with E-state index in [0.717, 1.165) is 19.5 Å². The fourth-order valence-corrected chi connectivity index (χ4v) is 2.10. The minimum atomic E-state index is -0.291. The average molecular weight is 288 g/mol. The van der Waals surface area contributed by atoms with Crippen LogP contribution in [0.3, 0.4) is 0 Å². The highest BCUT2D eigenvalue weighted by molar-refractivity contribution is 5.85. The van der Waals surface area contributed by atoms with Gasteiger partial charge in [-0.2, -0.15) is 0 Å². The van der Waals surface area contributed by atoms with Crippen LogP contribution in [0.2, 0.25) is 0 Å². The quantitative estimate of drug-likeness (QED) is 0.865. The van der Waals surface area contributed by atoms with E-state index in [1.807, 2.05) is 4.90 Å². The molecule has 1 atom stereocenters. The van der Waals surface area contributed by atoms with Gasteiger partial charge < -0.3 is 11.1 Å². The lowest BCUT2D eigenvalue weighted by atomic mass is 10.2. The number of nitrogens with zero attached hydrogens (tertiary/aromatic N) is 1. The predicted octanol–water partition coefficient (Wildman–Crippen LogP) is 0.897. The zero-order valence-electron chi connectivity index (χ0n) is 10.6. The number of carbonyl (C=O) groups is 1. The van der Waals surface area contributed by atoms with Gasteiger partial charge in [0.15, 0.2) is 0 Å². The highest BCUT2D eigenvalue weighted by Crippen LogP contribution is 2.07. The minimum Gasteiger partial charge on any atom is -0.351 e. The lowest BCUT2D eigenvalue weighted by Gasteiger charge is -2.14. The normalized spacial score (nSPS) is 18.9. The molecule has 1 aliphatic heterocycles. The molecule has 4 nitrogen and oxygen atoms in total. The van der Waals surface area contributed by atoms with E-state index in [0.29, 0.717) is 12.1 Å². The first-order chi connectivity index (χ1) is 8.65. The van der Waals surface area contributed by atoms with Crippen molar-refractivity contribution in [3.63, 3.8) is 0 Å². The number of hydrogen-bond donors (Lipinski definition) is 2. The first-order valence-electron chi connectivity index (χ1n) is 6.13. The Morgan fingerprint density at radius 2 is 2.21 bits per heavy atom. The maximum absolute atomic E-state index is 13.3. The van der Waals surface area contributed by atoms with Gasteiger partial charge in [0.2, 0.25) is 5.91 Å². The molecule has 1 aromatic carbocycles. The first-order valence-corrected chi connectivity index (χ1v) is 6.13. The predicted molar refractivity (Wildman–Crippen MR) is 74.5 cm³/mol. The summed E-state index contributed by atoms with van der Waals surface area (Å²) < 4.78 is 13.3. The molecule has 0 unspecified atom stereocenters. The van der Waals surface area contributed by atoms with Crippen LogP contribution in [0.5, 0.6) is 0 Å². The third-order valence-electron chi connectivity index (χ3n) is 3.11. The summed E-state index contributed by atoms with van der Waals surface area (Å²) in [5.74, 6) is -0.381. The molecule has 1 aromatic rings. The van der Waals surface area contributed by atoms with E-state index in [2.05, 4.69) is 5.32 Å². The average Bonchev–Trinajstić information content (AvgIpc) is 2.74. The van der Waals surface area contributed by atoms with Crippen LogP contribution in [0, 0.1) is 5.82 Å². The Balaban J connectivity index is 0.00000180.